The fourth-order valence-corrected chi connectivity index (χ4v) is 2.83. The predicted molar refractivity (Wildman–Crippen MR) is 88.9 cm³/mol. The van der Waals surface area contributed by atoms with Gasteiger partial charge in [0.2, 0.25) is 5.91 Å². The van der Waals surface area contributed by atoms with Gasteiger partial charge in [0.25, 0.3) is 0 Å². The largest absolute Gasteiger partial charge is 0.324 e. The number of rotatable bonds is 4. The molecular formula is C18H28N2O. The minimum atomic E-state index is -0.0384. The van der Waals surface area contributed by atoms with E-state index < -0.39 is 0 Å². The first kappa shape index (κ1) is 16.0. The standard InChI is InChI=1S/C18H28N2O/c1-12(2)14-8-9-16(15(11-14)13(3)4)20-18(21)17-7-5-6-10-19-17/h8-9,11-13,17,19H,5-7,10H2,1-4H3,(H,20,21)/t17-/m0/s1. The highest BCUT2D eigenvalue weighted by molar-refractivity contribution is 5.95. The molecular weight excluding hydrogens is 260 g/mol. The number of carbonyl (C=O) groups excluding carboxylic acids is 1. The minimum absolute atomic E-state index is 0.0384. The lowest BCUT2D eigenvalue weighted by Gasteiger charge is -2.24. The van der Waals surface area contributed by atoms with Crippen molar-refractivity contribution in [3.05, 3.63) is 29.3 Å². The molecule has 1 atom stereocenters. The molecule has 116 valence electrons. The summed E-state index contributed by atoms with van der Waals surface area (Å²) in [6.07, 6.45) is 3.24. The van der Waals surface area contributed by atoms with Gasteiger partial charge in [-0.3, -0.25) is 4.79 Å². The van der Waals surface area contributed by atoms with Gasteiger partial charge in [-0.05, 0) is 48.4 Å². The molecule has 1 aromatic carbocycles. The van der Waals surface area contributed by atoms with Crippen LogP contribution in [0.15, 0.2) is 18.2 Å². The molecule has 1 fully saturated rings. The molecule has 1 heterocycles. The molecule has 1 saturated heterocycles. The molecule has 0 radical (unpaired) electrons. The molecule has 0 spiro atoms. The first-order chi connectivity index (χ1) is 9.99. The van der Waals surface area contributed by atoms with Gasteiger partial charge in [0.05, 0.1) is 6.04 Å². The molecule has 0 aliphatic carbocycles. The van der Waals surface area contributed by atoms with Gasteiger partial charge >= 0.3 is 0 Å². The summed E-state index contributed by atoms with van der Waals surface area (Å²) in [5.74, 6) is 1.01. The Bertz CT molecular complexity index is 488. The molecule has 1 aliphatic rings. The first-order valence-electron chi connectivity index (χ1n) is 8.17. The molecule has 21 heavy (non-hydrogen) atoms. The van der Waals surface area contributed by atoms with E-state index in [4.69, 9.17) is 0 Å². The van der Waals surface area contributed by atoms with Crippen molar-refractivity contribution in [1.29, 1.82) is 0 Å². The van der Waals surface area contributed by atoms with Crippen LogP contribution in [0.25, 0.3) is 0 Å². The van der Waals surface area contributed by atoms with Crippen molar-refractivity contribution in [1.82, 2.24) is 5.32 Å². The van der Waals surface area contributed by atoms with E-state index >= 15 is 0 Å². The Morgan fingerprint density at radius 1 is 1.19 bits per heavy atom. The summed E-state index contributed by atoms with van der Waals surface area (Å²) in [4.78, 5) is 12.4. The lowest BCUT2D eigenvalue weighted by molar-refractivity contribution is -0.118. The molecule has 2 N–H and O–H groups in total. The van der Waals surface area contributed by atoms with Crippen molar-refractivity contribution in [3.63, 3.8) is 0 Å². The van der Waals surface area contributed by atoms with Crippen molar-refractivity contribution in [2.75, 3.05) is 11.9 Å². The van der Waals surface area contributed by atoms with Crippen molar-refractivity contribution >= 4 is 11.6 Å². The fourth-order valence-electron chi connectivity index (χ4n) is 2.83. The highest BCUT2D eigenvalue weighted by Gasteiger charge is 2.21. The average Bonchev–Trinajstić information content (AvgIpc) is 2.48. The third kappa shape index (κ3) is 4.07. The molecule has 0 unspecified atom stereocenters. The van der Waals surface area contributed by atoms with E-state index in [1.165, 1.54) is 17.5 Å². The maximum Gasteiger partial charge on any atom is 0.241 e. The SMILES string of the molecule is CC(C)c1ccc(NC(=O)[C@@H]2CCCCN2)c(C(C)C)c1. The molecule has 0 bridgehead atoms. The van der Waals surface area contributed by atoms with E-state index in [9.17, 15) is 4.79 Å². The van der Waals surface area contributed by atoms with Crippen molar-refractivity contribution < 1.29 is 4.79 Å². The molecule has 2 rings (SSSR count). The van der Waals surface area contributed by atoms with Crippen LogP contribution in [-0.2, 0) is 4.79 Å². The lowest BCUT2D eigenvalue weighted by atomic mass is 9.94. The Hall–Kier alpha value is -1.35. The lowest BCUT2D eigenvalue weighted by Crippen LogP contribution is -2.43. The second-order valence-electron chi connectivity index (χ2n) is 6.65. The van der Waals surface area contributed by atoms with E-state index in [1.54, 1.807) is 0 Å². The Morgan fingerprint density at radius 2 is 1.95 bits per heavy atom. The van der Waals surface area contributed by atoms with Crippen LogP contribution in [0.1, 0.15) is 69.9 Å². The van der Waals surface area contributed by atoms with Crippen molar-refractivity contribution in [3.8, 4) is 0 Å². The molecule has 3 nitrogen and oxygen atoms in total. The van der Waals surface area contributed by atoms with E-state index in [0.717, 1.165) is 25.1 Å². The number of hydrogen-bond donors (Lipinski definition) is 2. The Labute approximate surface area is 128 Å². The van der Waals surface area contributed by atoms with Crippen LogP contribution in [0, 0.1) is 0 Å². The Kier molecular flexibility index (Phi) is 5.40. The third-order valence-corrected chi connectivity index (χ3v) is 4.25. The topological polar surface area (TPSA) is 41.1 Å². The summed E-state index contributed by atoms with van der Waals surface area (Å²) in [5.41, 5.74) is 3.52. The molecule has 1 amide bonds. The van der Waals surface area contributed by atoms with Gasteiger partial charge in [-0.1, -0.05) is 46.2 Å². The Balaban J connectivity index is 2.16. The summed E-state index contributed by atoms with van der Waals surface area (Å²) in [6, 6.07) is 6.38. The number of carbonyl (C=O) groups is 1. The summed E-state index contributed by atoms with van der Waals surface area (Å²) in [7, 11) is 0. The minimum Gasteiger partial charge on any atom is -0.324 e. The normalized spacial score (nSPS) is 19.0. The zero-order valence-corrected chi connectivity index (χ0v) is 13.7. The third-order valence-electron chi connectivity index (χ3n) is 4.25. The van der Waals surface area contributed by atoms with Crippen LogP contribution >= 0.6 is 0 Å². The average molecular weight is 288 g/mol. The monoisotopic (exact) mass is 288 g/mol. The second-order valence-corrected chi connectivity index (χ2v) is 6.65. The number of benzene rings is 1. The molecule has 0 aromatic heterocycles. The highest BCUT2D eigenvalue weighted by Crippen LogP contribution is 2.28. The molecule has 1 aliphatic heterocycles. The first-order valence-corrected chi connectivity index (χ1v) is 8.17. The van der Waals surface area contributed by atoms with Crippen molar-refractivity contribution in [2.45, 2.75) is 64.8 Å². The van der Waals surface area contributed by atoms with Crippen LogP contribution in [-0.4, -0.2) is 18.5 Å². The second kappa shape index (κ2) is 7.08. The summed E-state index contributed by atoms with van der Waals surface area (Å²) >= 11 is 0. The fraction of sp³-hybridized carbons (Fsp3) is 0.611. The number of hydrogen-bond acceptors (Lipinski definition) is 2. The number of nitrogens with one attached hydrogen (secondary N) is 2. The molecule has 1 aromatic rings. The number of piperidine rings is 1. The quantitative estimate of drug-likeness (QED) is 0.878. The van der Waals surface area contributed by atoms with Gasteiger partial charge in [-0.25, -0.2) is 0 Å². The Morgan fingerprint density at radius 3 is 2.52 bits per heavy atom. The molecule has 3 heteroatoms. The van der Waals surface area contributed by atoms with E-state index in [0.29, 0.717) is 11.8 Å². The van der Waals surface area contributed by atoms with E-state index in [-0.39, 0.29) is 11.9 Å². The van der Waals surface area contributed by atoms with Gasteiger partial charge in [0, 0.05) is 5.69 Å². The maximum atomic E-state index is 12.4. The van der Waals surface area contributed by atoms with E-state index in [1.807, 2.05) is 0 Å². The van der Waals surface area contributed by atoms with Crippen LogP contribution in [0.5, 0.6) is 0 Å². The number of anilines is 1. The van der Waals surface area contributed by atoms with Crippen LogP contribution < -0.4 is 10.6 Å². The summed E-state index contributed by atoms with van der Waals surface area (Å²) < 4.78 is 0. The van der Waals surface area contributed by atoms with Crippen LogP contribution in [0.4, 0.5) is 5.69 Å². The predicted octanol–water partition coefficient (Wildman–Crippen LogP) is 4.01. The summed E-state index contributed by atoms with van der Waals surface area (Å²) in [5, 5.41) is 6.43. The molecule has 0 saturated carbocycles. The summed E-state index contributed by atoms with van der Waals surface area (Å²) in [6.45, 7) is 9.69. The van der Waals surface area contributed by atoms with Crippen LogP contribution in [0.2, 0.25) is 0 Å². The number of amides is 1. The van der Waals surface area contributed by atoms with Gasteiger partial charge in [0.15, 0.2) is 0 Å². The van der Waals surface area contributed by atoms with E-state index in [2.05, 4.69) is 56.5 Å². The highest BCUT2D eigenvalue weighted by atomic mass is 16.2. The zero-order chi connectivity index (χ0) is 15.4. The van der Waals surface area contributed by atoms with Gasteiger partial charge in [-0.15, -0.1) is 0 Å². The van der Waals surface area contributed by atoms with Gasteiger partial charge in [0.1, 0.15) is 0 Å². The van der Waals surface area contributed by atoms with Crippen molar-refractivity contribution in [2.24, 2.45) is 0 Å². The van der Waals surface area contributed by atoms with Gasteiger partial charge < -0.3 is 10.6 Å². The van der Waals surface area contributed by atoms with Crippen LogP contribution in [0.3, 0.4) is 0 Å². The smallest absolute Gasteiger partial charge is 0.241 e. The zero-order valence-electron chi connectivity index (χ0n) is 13.7. The maximum absolute atomic E-state index is 12.4. The van der Waals surface area contributed by atoms with Gasteiger partial charge in [-0.2, -0.15) is 0 Å².